The van der Waals surface area contributed by atoms with Crippen molar-refractivity contribution >= 4 is 6.21 Å². The molecule has 0 spiro atoms. The van der Waals surface area contributed by atoms with Crippen LogP contribution in [-0.4, -0.2) is 13.3 Å². The summed E-state index contributed by atoms with van der Waals surface area (Å²) in [6, 6.07) is 0. The van der Waals surface area contributed by atoms with E-state index in [2.05, 4.69) is 16.9 Å². The smallest absolute Gasteiger partial charge is 0.106 e. The van der Waals surface area contributed by atoms with Gasteiger partial charge in [-0.2, -0.15) is 0 Å². The maximum atomic E-state index is 4.51. The van der Waals surface area contributed by atoms with E-state index in [1.807, 2.05) is 6.21 Å². The number of oxime groups is 1. The first-order valence-electron chi connectivity index (χ1n) is 3.76. The van der Waals surface area contributed by atoms with Gasteiger partial charge >= 0.3 is 0 Å². The summed E-state index contributed by atoms with van der Waals surface area (Å²) in [5.74, 6) is 0. The lowest BCUT2D eigenvalue weighted by molar-refractivity contribution is 0.214. The van der Waals surface area contributed by atoms with Crippen LogP contribution in [0.1, 0.15) is 32.1 Å². The molecule has 1 radical (unpaired) electrons. The molecule has 0 heterocycles. The molecule has 2 nitrogen and oxygen atoms in total. The molecule has 0 saturated heterocycles. The van der Waals surface area contributed by atoms with Crippen LogP contribution in [0.5, 0.6) is 0 Å². The Balaban J connectivity index is 2.83. The van der Waals surface area contributed by atoms with Crippen molar-refractivity contribution in [2.75, 3.05) is 7.11 Å². The van der Waals surface area contributed by atoms with E-state index >= 15 is 0 Å². The lowest BCUT2D eigenvalue weighted by atomic mass is 10.2. The monoisotopic (exact) mass is 142 g/mol. The first-order valence-corrected chi connectivity index (χ1v) is 3.76. The van der Waals surface area contributed by atoms with Crippen molar-refractivity contribution in [1.82, 2.24) is 0 Å². The molecule has 0 aliphatic carbocycles. The predicted octanol–water partition coefficient (Wildman–Crippen LogP) is 2.40. The van der Waals surface area contributed by atoms with Crippen molar-refractivity contribution in [3.05, 3.63) is 6.92 Å². The Kier molecular flexibility index (Phi) is 8.02. The Labute approximate surface area is 63.3 Å². The van der Waals surface area contributed by atoms with Gasteiger partial charge in [0.25, 0.3) is 0 Å². The predicted molar refractivity (Wildman–Crippen MR) is 43.9 cm³/mol. The van der Waals surface area contributed by atoms with Gasteiger partial charge < -0.3 is 4.84 Å². The summed E-state index contributed by atoms with van der Waals surface area (Å²) >= 11 is 0. The van der Waals surface area contributed by atoms with E-state index in [4.69, 9.17) is 0 Å². The minimum atomic E-state index is 1.02. The van der Waals surface area contributed by atoms with Crippen molar-refractivity contribution < 1.29 is 4.84 Å². The summed E-state index contributed by atoms with van der Waals surface area (Å²) in [6.07, 6.45) is 7.54. The molecule has 0 amide bonds. The third-order valence-corrected chi connectivity index (χ3v) is 1.26. The van der Waals surface area contributed by atoms with Crippen molar-refractivity contribution in [2.24, 2.45) is 5.16 Å². The molecule has 0 unspecified atom stereocenters. The standard InChI is InChI=1S/C8H16NO/c1-3-4-5-6-7-8-9-10-2/h8H,1,3-7H2,2H3. The number of rotatable bonds is 6. The zero-order valence-electron chi connectivity index (χ0n) is 6.68. The Morgan fingerprint density at radius 1 is 1.40 bits per heavy atom. The van der Waals surface area contributed by atoms with Crippen LogP contribution >= 0.6 is 0 Å². The van der Waals surface area contributed by atoms with Crippen molar-refractivity contribution in [1.29, 1.82) is 0 Å². The number of unbranched alkanes of at least 4 members (excludes halogenated alkanes) is 4. The van der Waals surface area contributed by atoms with Crippen molar-refractivity contribution in [3.63, 3.8) is 0 Å². The number of hydrogen-bond acceptors (Lipinski definition) is 2. The molecule has 0 bridgehead atoms. The highest BCUT2D eigenvalue weighted by Crippen LogP contribution is 1.99. The molecule has 10 heavy (non-hydrogen) atoms. The Hall–Kier alpha value is -0.530. The van der Waals surface area contributed by atoms with Crippen LogP contribution in [0.15, 0.2) is 5.16 Å². The van der Waals surface area contributed by atoms with Crippen LogP contribution in [0.2, 0.25) is 0 Å². The first-order chi connectivity index (χ1) is 4.91. The Morgan fingerprint density at radius 2 is 2.20 bits per heavy atom. The molecule has 0 aromatic rings. The SMILES string of the molecule is [CH2]CCCCCC=NOC. The van der Waals surface area contributed by atoms with Gasteiger partial charge in [0.05, 0.1) is 0 Å². The van der Waals surface area contributed by atoms with Gasteiger partial charge in [-0.3, -0.25) is 0 Å². The Morgan fingerprint density at radius 3 is 2.80 bits per heavy atom. The van der Waals surface area contributed by atoms with Gasteiger partial charge in [0.2, 0.25) is 0 Å². The average molecular weight is 142 g/mol. The summed E-state index contributed by atoms with van der Waals surface area (Å²) < 4.78 is 0. The summed E-state index contributed by atoms with van der Waals surface area (Å²) in [5.41, 5.74) is 0. The second kappa shape index (κ2) is 8.47. The average Bonchev–Trinajstić information content (AvgIpc) is 1.97. The molecule has 0 N–H and O–H groups in total. The highest BCUT2D eigenvalue weighted by molar-refractivity contribution is 5.55. The fourth-order valence-electron chi connectivity index (χ4n) is 0.716. The van der Waals surface area contributed by atoms with Gasteiger partial charge in [0.1, 0.15) is 7.11 Å². The quantitative estimate of drug-likeness (QED) is 0.317. The van der Waals surface area contributed by atoms with Gasteiger partial charge in [-0.15, -0.1) is 0 Å². The molecule has 0 aromatic heterocycles. The number of nitrogens with zero attached hydrogens (tertiary/aromatic N) is 1. The van der Waals surface area contributed by atoms with E-state index in [1.54, 1.807) is 7.11 Å². The molecule has 0 aliphatic heterocycles. The topological polar surface area (TPSA) is 21.6 Å². The largest absolute Gasteiger partial charge is 0.399 e. The fourth-order valence-corrected chi connectivity index (χ4v) is 0.716. The molecule has 2 heteroatoms. The second-order valence-corrected chi connectivity index (χ2v) is 2.17. The van der Waals surface area contributed by atoms with E-state index in [0.717, 1.165) is 12.8 Å². The second-order valence-electron chi connectivity index (χ2n) is 2.17. The molecule has 0 aromatic carbocycles. The van der Waals surface area contributed by atoms with E-state index in [1.165, 1.54) is 19.3 Å². The lowest BCUT2D eigenvalue weighted by Crippen LogP contribution is -1.79. The zero-order chi connectivity index (χ0) is 7.66. The normalized spacial score (nSPS) is 10.6. The minimum absolute atomic E-state index is 1.02. The maximum Gasteiger partial charge on any atom is 0.106 e. The van der Waals surface area contributed by atoms with E-state index in [-0.39, 0.29) is 0 Å². The van der Waals surface area contributed by atoms with Crippen LogP contribution in [0.3, 0.4) is 0 Å². The third-order valence-electron chi connectivity index (χ3n) is 1.26. The zero-order valence-corrected chi connectivity index (χ0v) is 6.68. The molecule has 0 rings (SSSR count). The van der Waals surface area contributed by atoms with Crippen LogP contribution in [0, 0.1) is 6.92 Å². The van der Waals surface area contributed by atoms with Crippen molar-refractivity contribution in [3.8, 4) is 0 Å². The van der Waals surface area contributed by atoms with Crippen LogP contribution in [-0.2, 0) is 4.84 Å². The summed E-state index contributed by atoms with van der Waals surface area (Å²) in [7, 11) is 1.56. The Bertz CT molecular complexity index is 81.3. The molecular weight excluding hydrogens is 126 g/mol. The summed E-state index contributed by atoms with van der Waals surface area (Å²) in [5, 5.41) is 3.63. The molecule has 0 saturated carbocycles. The van der Waals surface area contributed by atoms with Gasteiger partial charge in [-0.05, 0) is 12.8 Å². The summed E-state index contributed by atoms with van der Waals surface area (Å²) in [4.78, 5) is 4.51. The van der Waals surface area contributed by atoms with E-state index in [9.17, 15) is 0 Å². The van der Waals surface area contributed by atoms with Gasteiger partial charge in [-0.25, -0.2) is 0 Å². The molecule has 0 atom stereocenters. The fraction of sp³-hybridized carbons (Fsp3) is 0.750. The van der Waals surface area contributed by atoms with Crippen molar-refractivity contribution in [2.45, 2.75) is 32.1 Å². The first kappa shape index (κ1) is 9.47. The van der Waals surface area contributed by atoms with E-state index < -0.39 is 0 Å². The molecule has 0 fully saturated rings. The molecule has 0 aliphatic rings. The van der Waals surface area contributed by atoms with E-state index in [0.29, 0.717) is 0 Å². The van der Waals surface area contributed by atoms with Gasteiger partial charge in [0.15, 0.2) is 0 Å². The molecule has 59 valence electrons. The van der Waals surface area contributed by atoms with Crippen LogP contribution < -0.4 is 0 Å². The van der Waals surface area contributed by atoms with Crippen LogP contribution in [0.4, 0.5) is 0 Å². The third kappa shape index (κ3) is 7.47. The number of hydrogen-bond donors (Lipinski definition) is 0. The highest BCUT2D eigenvalue weighted by Gasteiger charge is 1.83. The maximum absolute atomic E-state index is 4.51. The minimum Gasteiger partial charge on any atom is -0.399 e. The van der Waals surface area contributed by atoms with Gasteiger partial charge in [0, 0.05) is 6.21 Å². The summed E-state index contributed by atoms with van der Waals surface area (Å²) in [6.45, 7) is 3.76. The molecular formula is C8H16NO. The highest BCUT2D eigenvalue weighted by atomic mass is 16.6. The van der Waals surface area contributed by atoms with Crippen LogP contribution in [0.25, 0.3) is 0 Å². The lowest BCUT2D eigenvalue weighted by Gasteiger charge is -1.92. The van der Waals surface area contributed by atoms with Gasteiger partial charge in [-0.1, -0.05) is 31.3 Å².